The minimum atomic E-state index is -0.155. The van der Waals surface area contributed by atoms with Gasteiger partial charge in [-0.05, 0) is 78.1 Å². The van der Waals surface area contributed by atoms with E-state index in [2.05, 4.69) is 0 Å². The maximum absolute atomic E-state index is 13.6. The van der Waals surface area contributed by atoms with Crippen LogP contribution in [0.15, 0.2) is 120 Å². The minimum absolute atomic E-state index is 0.0457. The van der Waals surface area contributed by atoms with Crippen molar-refractivity contribution < 1.29 is 14.4 Å². The Morgan fingerprint density at radius 1 is 0.634 bits per heavy atom. The molecule has 0 spiro atoms. The first-order valence-corrected chi connectivity index (χ1v) is 13.6. The molecule has 5 rings (SSSR count). The molecule has 41 heavy (non-hydrogen) atoms. The fourth-order valence-electron chi connectivity index (χ4n) is 4.77. The maximum atomic E-state index is 13.6. The van der Waals surface area contributed by atoms with E-state index in [1.807, 2.05) is 117 Å². The monoisotopic (exact) mass is 537 g/mol. The van der Waals surface area contributed by atoms with Gasteiger partial charge in [0.25, 0.3) is 5.91 Å². The van der Waals surface area contributed by atoms with E-state index in [1.165, 1.54) is 0 Å². The number of nitrogens with zero attached hydrogens (tertiary/aromatic N) is 1. The number of piperidine rings is 1. The summed E-state index contributed by atoms with van der Waals surface area (Å²) in [4.78, 5) is 41.4. The Bertz CT molecular complexity index is 1620. The second-order valence-electron chi connectivity index (χ2n) is 10.3. The van der Waals surface area contributed by atoms with Gasteiger partial charge in [0, 0.05) is 22.3 Å². The van der Waals surface area contributed by atoms with Gasteiger partial charge in [-0.25, -0.2) is 0 Å². The first-order valence-electron chi connectivity index (χ1n) is 13.6. The summed E-state index contributed by atoms with van der Waals surface area (Å²) in [5.41, 5.74) is 7.19. The van der Waals surface area contributed by atoms with Crippen LogP contribution in [-0.2, 0) is 4.79 Å². The van der Waals surface area contributed by atoms with Crippen molar-refractivity contribution in [2.45, 2.75) is 13.8 Å². The third kappa shape index (κ3) is 6.74. The van der Waals surface area contributed by atoms with Crippen LogP contribution in [0, 0.1) is 13.8 Å². The van der Waals surface area contributed by atoms with Crippen molar-refractivity contribution in [2.75, 3.05) is 13.1 Å². The SMILES string of the molecule is Cc1ccc(C(=O)/C=C/c2ccc(C(=O)N3C/C(=C\c4ccccc4)C(=O)/C(=C/c4ccccc4)C3)cc2)cc1C. The molecule has 4 aromatic rings. The molecule has 202 valence electrons. The molecule has 4 heteroatoms. The van der Waals surface area contributed by atoms with Gasteiger partial charge in [0.15, 0.2) is 11.6 Å². The Morgan fingerprint density at radius 3 is 1.71 bits per heavy atom. The smallest absolute Gasteiger partial charge is 0.254 e. The zero-order valence-electron chi connectivity index (χ0n) is 23.2. The number of benzene rings is 4. The van der Waals surface area contributed by atoms with Crippen molar-refractivity contribution in [1.29, 1.82) is 0 Å². The van der Waals surface area contributed by atoms with Gasteiger partial charge < -0.3 is 4.90 Å². The Balaban J connectivity index is 1.36. The lowest BCUT2D eigenvalue weighted by atomic mass is 9.93. The summed E-state index contributed by atoms with van der Waals surface area (Å²) in [5.74, 6) is -0.269. The van der Waals surface area contributed by atoms with Crippen molar-refractivity contribution in [3.8, 4) is 0 Å². The third-order valence-corrected chi connectivity index (χ3v) is 7.25. The summed E-state index contributed by atoms with van der Waals surface area (Å²) < 4.78 is 0. The molecule has 1 saturated heterocycles. The molecule has 0 atom stereocenters. The van der Waals surface area contributed by atoms with Gasteiger partial charge in [0.1, 0.15) is 0 Å². The van der Waals surface area contributed by atoms with Crippen LogP contribution >= 0.6 is 0 Å². The molecule has 1 fully saturated rings. The normalized spacial score (nSPS) is 15.6. The van der Waals surface area contributed by atoms with Gasteiger partial charge >= 0.3 is 0 Å². The number of amides is 1. The molecule has 0 saturated carbocycles. The van der Waals surface area contributed by atoms with E-state index in [9.17, 15) is 14.4 Å². The first-order chi connectivity index (χ1) is 19.9. The van der Waals surface area contributed by atoms with E-state index >= 15 is 0 Å². The van der Waals surface area contributed by atoms with Gasteiger partial charge in [-0.2, -0.15) is 0 Å². The fourth-order valence-corrected chi connectivity index (χ4v) is 4.77. The number of hydrogen-bond acceptors (Lipinski definition) is 3. The van der Waals surface area contributed by atoms with Gasteiger partial charge in [-0.3, -0.25) is 14.4 Å². The average Bonchev–Trinajstić information content (AvgIpc) is 3.00. The zero-order valence-corrected chi connectivity index (χ0v) is 23.2. The number of carbonyl (C=O) groups excluding carboxylic acids is 3. The Labute approximate surface area is 241 Å². The Hall–Kier alpha value is -5.09. The molecule has 0 bridgehead atoms. The average molecular weight is 538 g/mol. The third-order valence-electron chi connectivity index (χ3n) is 7.25. The summed E-state index contributed by atoms with van der Waals surface area (Å²) in [7, 11) is 0. The van der Waals surface area contributed by atoms with Gasteiger partial charge in [-0.15, -0.1) is 0 Å². The van der Waals surface area contributed by atoms with Crippen LogP contribution < -0.4 is 0 Å². The van der Waals surface area contributed by atoms with Crippen LogP contribution in [0.25, 0.3) is 18.2 Å². The fraction of sp³-hybridized carbons (Fsp3) is 0.108. The van der Waals surface area contributed by atoms with E-state index in [-0.39, 0.29) is 30.6 Å². The topological polar surface area (TPSA) is 54.5 Å². The summed E-state index contributed by atoms with van der Waals surface area (Å²) in [5, 5.41) is 0. The number of rotatable bonds is 6. The lowest BCUT2D eigenvalue weighted by Gasteiger charge is -2.30. The highest BCUT2D eigenvalue weighted by Crippen LogP contribution is 2.24. The van der Waals surface area contributed by atoms with Crippen LogP contribution in [0.5, 0.6) is 0 Å². The van der Waals surface area contributed by atoms with E-state index < -0.39 is 0 Å². The zero-order chi connectivity index (χ0) is 28.8. The van der Waals surface area contributed by atoms with Crippen LogP contribution in [0.1, 0.15) is 48.5 Å². The second kappa shape index (κ2) is 12.4. The molecule has 0 aromatic heterocycles. The molecule has 0 radical (unpaired) electrons. The summed E-state index contributed by atoms with van der Waals surface area (Å²) in [6.45, 7) is 4.46. The molecular weight excluding hydrogens is 506 g/mol. The van der Waals surface area contributed by atoms with Crippen LogP contribution in [-0.4, -0.2) is 35.5 Å². The lowest BCUT2D eigenvalue weighted by molar-refractivity contribution is -0.113. The first kappa shape index (κ1) is 27.5. The molecule has 0 aliphatic carbocycles. The summed E-state index contributed by atoms with van der Waals surface area (Å²) >= 11 is 0. The summed E-state index contributed by atoms with van der Waals surface area (Å²) in [6, 6.07) is 32.2. The molecule has 1 aliphatic heterocycles. The molecule has 1 heterocycles. The second-order valence-corrected chi connectivity index (χ2v) is 10.3. The number of hydrogen-bond donors (Lipinski definition) is 0. The van der Waals surface area contributed by atoms with Crippen LogP contribution in [0.2, 0.25) is 0 Å². The molecule has 4 nitrogen and oxygen atoms in total. The van der Waals surface area contributed by atoms with E-state index in [1.54, 1.807) is 29.2 Å². The minimum Gasteiger partial charge on any atom is -0.330 e. The van der Waals surface area contributed by atoms with Crippen molar-refractivity contribution in [3.63, 3.8) is 0 Å². The number of carbonyl (C=O) groups is 3. The highest BCUT2D eigenvalue weighted by molar-refractivity contribution is 6.16. The predicted octanol–water partition coefficient (Wildman–Crippen LogP) is 7.39. The largest absolute Gasteiger partial charge is 0.330 e. The number of ketones is 2. The Morgan fingerprint density at radius 2 is 1.17 bits per heavy atom. The van der Waals surface area contributed by atoms with Crippen molar-refractivity contribution in [3.05, 3.63) is 159 Å². The molecule has 1 aliphatic rings. The van der Waals surface area contributed by atoms with E-state index in [0.29, 0.717) is 22.3 Å². The molecule has 0 unspecified atom stereocenters. The van der Waals surface area contributed by atoms with Gasteiger partial charge in [0.2, 0.25) is 0 Å². The highest BCUT2D eigenvalue weighted by atomic mass is 16.2. The predicted molar refractivity (Wildman–Crippen MR) is 165 cm³/mol. The van der Waals surface area contributed by atoms with Gasteiger partial charge in [0.05, 0.1) is 13.1 Å². The van der Waals surface area contributed by atoms with Crippen LogP contribution in [0.3, 0.4) is 0 Å². The molecule has 4 aromatic carbocycles. The van der Waals surface area contributed by atoms with Crippen molar-refractivity contribution in [1.82, 2.24) is 4.90 Å². The van der Waals surface area contributed by atoms with Gasteiger partial charge in [-0.1, -0.05) is 91.0 Å². The molecule has 1 amide bonds. The summed E-state index contributed by atoms with van der Waals surface area (Å²) in [6.07, 6.45) is 7.04. The molecule has 0 N–H and O–H groups in total. The maximum Gasteiger partial charge on any atom is 0.254 e. The van der Waals surface area contributed by atoms with E-state index in [4.69, 9.17) is 0 Å². The number of aryl methyl sites for hydroxylation is 2. The number of likely N-dealkylation sites (tertiary alicyclic amines) is 1. The molecular formula is C37H31NO3. The Kier molecular flexibility index (Phi) is 8.31. The standard InChI is InChI=1S/C37H31NO3/c1-26-13-17-32(21-27(26)2)35(39)20-16-28-14-18-31(19-15-28)37(41)38-24-33(22-29-9-5-3-6-10-29)36(40)34(25-38)23-30-11-7-4-8-12-30/h3-23H,24-25H2,1-2H3/b20-16+,33-22+,34-23+. The van der Waals surface area contributed by atoms with E-state index in [0.717, 1.165) is 27.8 Å². The van der Waals surface area contributed by atoms with Crippen LogP contribution in [0.4, 0.5) is 0 Å². The lowest BCUT2D eigenvalue weighted by Crippen LogP contribution is -2.41. The quantitative estimate of drug-likeness (QED) is 0.190. The van der Waals surface area contributed by atoms with Crippen molar-refractivity contribution >= 4 is 35.7 Å². The highest BCUT2D eigenvalue weighted by Gasteiger charge is 2.29. The number of Topliss-reactive ketones (excluding diaryl/α,β-unsaturated/α-hetero) is 1. The number of allylic oxidation sites excluding steroid dienone is 1. The van der Waals surface area contributed by atoms with Crippen molar-refractivity contribution in [2.24, 2.45) is 0 Å².